The molecule has 1 aliphatic rings. The van der Waals surface area contributed by atoms with Gasteiger partial charge in [-0.3, -0.25) is 14.5 Å². The van der Waals surface area contributed by atoms with Crippen molar-refractivity contribution in [3.05, 3.63) is 101 Å². The molecular formula is C27H23N3O3S. The molecule has 1 aliphatic heterocycles. The smallest absolute Gasteiger partial charge is 0.269 e. The number of benzene rings is 3. The lowest BCUT2D eigenvalue weighted by atomic mass is 10.1. The average molecular weight is 470 g/mol. The Labute approximate surface area is 202 Å². The Morgan fingerprint density at radius 3 is 2.35 bits per heavy atom. The molecule has 34 heavy (non-hydrogen) atoms. The first-order valence-corrected chi connectivity index (χ1v) is 11.6. The first-order valence-electron chi connectivity index (χ1n) is 10.7. The molecule has 1 fully saturated rings. The Balaban J connectivity index is 1.68. The highest BCUT2D eigenvalue weighted by Gasteiger charge is 2.40. The van der Waals surface area contributed by atoms with Crippen LogP contribution < -0.4 is 15.0 Å². The second-order valence-corrected chi connectivity index (χ2v) is 8.97. The minimum Gasteiger partial charge on any atom is -0.497 e. The number of ether oxygens (including phenoxy) is 1. The van der Waals surface area contributed by atoms with Gasteiger partial charge in [0.05, 0.1) is 12.4 Å². The maximum atomic E-state index is 13.5. The summed E-state index contributed by atoms with van der Waals surface area (Å²) in [7, 11) is 1.60. The van der Waals surface area contributed by atoms with E-state index in [1.165, 1.54) is 16.7 Å². The van der Waals surface area contributed by atoms with Crippen LogP contribution in [-0.2, 0) is 16.0 Å². The van der Waals surface area contributed by atoms with Crippen LogP contribution in [0.4, 0.5) is 11.4 Å². The summed E-state index contributed by atoms with van der Waals surface area (Å²) in [5.74, 6) is 0.0192. The number of aryl methyl sites for hydroxylation is 1. The second-order valence-electron chi connectivity index (χ2n) is 7.78. The van der Waals surface area contributed by atoms with E-state index in [2.05, 4.69) is 5.32 Å². The van der Waals surface area contributed by atoms with Crippen LogP contribution >= 0.6 is 11.8 Å². The van der Waals surface area contributed by atoms with Crippen molar-refractivity contribution in [2.45, 2.75) is 18.6 Å². The maximum Gasteiger partial charge on any atom is 0.269 e. The van der Waals surface area contributed by atoms with Crippen LogP contribution in [-0.4, -0.2) is 24.2 Å². The lowest BCUT2D eigenvalue weighted by Gasteiger charge is -2.18. The van der Waals surface area contributed by atoms with Gasteiger partial charge in [0.1, 0.15) is 22.4 Å². The zero-order valence-electron chi connectivity index (χ0n) is 18.8. The number of carbonyl (C=O) groups excluding carboxylic acids is 2. The Hall–Kier alpha value is -4.02. The zero-order chi connectivity index (χ0) is 24.1. The van der Waals surface area contributed by atoms with E-state index in [4.69, 9.17) is 4.74 Å². The number of hydrogen-bond acceptors (Lipinski definition) is 5. The number of para-hydroxylation sites is 1. The van der Waals surface area contributed by atoms with Gasteiger partial charge in [-0.2, -0.15) is 5.26 Å². The highest BCUT2D eigenvalue weighted by atomic mass is 32.2. The molecule has 170 valence electrons. The number of nitriles is 1. The third-order valence-electron chi connectivity index (χ3n) is 5.41. The van der Waals surface area contributed by atoms with Gasteiger partial charge in [-0.1, -0.05) is 59.8 Å². The summed E-state index contributed by atoms with van der Waals surface area (Å²) in [6, 6.07) is 25.9. The highest BCUT2D eigenvalue weighted by Crippen LogP contribution is 2.42. The van der Waals surface area contributed by atoms with Gasteiger partial charge in [-0.25, -0.2) is 0 Å². The molecule has 3 aromatic rings. The van der Waals surface area contributed by atoms with E-state index >= 15 is 0 Å². The average Bonchev–Trinajstić information content (AvgIpc) is 3.17. The van der Waals surface area contributed by atoms with Crippen molar-refractivity contribution in [2.75, 3.05) is 17.3 Å². The fourth-order valence-corrected chi connectivity index (χ4v) is 4.91. The predicted molar refractivity (Wildman–Crippen MR) is 134 cm³/mol. The molecule has 0 saturated carbocycles. The minimum atomic E-state index is -0.548. The number of thioether (sulfide) groups is 1. The number of anilines is 2. The van der Waals surface area contributed by atoms with E-state index in [1.54, 1.807) is 31.4 Å². The Morgan fingerprint density at radius 2 is 1.74 bits per heavy atom. The summed E-state index contributed by atoms with van der Waals surface area (Å²) >= 11 is 1.24. The quantitative estimate of drug-likeness (QED) is 0.403. The van der Waals surface area contributed by atoms with Crippen LogP contribution in [0.15, 0.2) is 89.5 Å². The van der Waals surface area contributed by atoms with Gasteiger partial charge < -0.3 is 10.1 Å². The first-order chi connectivity index (χ1) is 16.5. The van der Waals surface area contributed by atoms with E-state index < -0.39 is 11.2 Å². The van der Waals surface area contributed by atoms with Gasteiger partial charge >= 0.3 is 0 Å². The Kier molecular flexibility index (Phi) is 7.00. The van der Waals surface area contributed by atoms with Crippen LogP contribution in [0.5, 0.6) is 5.75 Å². The zero-order valence-corrected chi connectivity index (χ0v) is 19.6. The molecule has 1 atom stereocenters. The van der Waals surface area contributed by atoms with Crippen molar-refractivity contribution >= 4 is 35.0 Å². The molecule has 1 unspecified atom stereocenters. The predicted octanol–water partition coefficient (Wildman–Crippen LogP) is 5.07. The number of nitrogens with one attached hydrogen (secondary N) is 1. The molecule has 7 heteroatoms. The van der Waals surface area contributed by atoms with E-state index in [0.717, 1.165) is 16.9 Å². The number of rotatable bonds is 6. The molecule has 0 radical (unpaired) electrons. The Bertz CT molecular complexity index is 1260. The molecule has 2 amide bonds. The van der Waals surface area contributed by atoms with Crippen LogP contribution in [0.3, 0.4) is 0 Å². The van der Waals surface area contributed by atoms with Crippen molar-refractivity contribution < 1.29 is 14.3 Å². The summed E-state index contributed by atoms with van der Waals surface area (Å²) < 4.78 is 5.21. The minimum absolute atomic E-state index is 0.0972. The van der Waals surface area contributed by atoms with E-state index in [-0.39, 0.29) is 11.5 Å². The lowest BCUT2D eigenvalue weighted by Crippen LogP contribution is -2.30. The molecular weight excluding hydrogens is 446 g/mol. The number of amides is 2. The van der Waals surface area contributed by atoms with E-state index in [1.807, 2.05) is 67.6 Å². The maximum absolute atomic E-state index is 13.5. The van der Waals surface area contributed by atoms with Gasteiger partial charge in [-0.15, -0.1) is 0 Å². The van der Waals surface area contributed by atoms with Crippen LogP contribution in [0.1, 0.15) is 11.1 Å². The van der Waals surface area contributed by atoms with Crippen molar-refractivity contribution in [1.82, 2.24) is 0 Å². The van der Waals surface area contributed by atoms with Crippen molar-refractivity contribution in [3.63, 3.8) is 0 Å². The summed E-state index contributed by atoms with van der Waals surface area (Å²) in [5.41, 5.74) is 3.12. The molecule has 6 nitrogen and oxygen atoms in total. The molecule has 1 N–H and O–H groups in total. The normalized spacial score (nSPS) is 16.7. The number of methoxy groups -OCH3 is 1. The molecule has 0 spiro atoms. The SMILES string of the molecule is COc1ccc(CC2SC(=C(C#N)C(=O)Nc3ccc(C)cc3)N(c3ccccc3)C2=O)cc1. The molecule has 3 aromatic carbocycles. The van der Waals surface area contributed by atoms with Gasteiger partial charge in [0.2, 0.25) is 5.91 Å². The third-order valence-corrected chi connectivity index (χ3v) is 6.67. The topological polar surface area (TPSA) is 82.4 Å². The summed E-state index contributed by atoms with van der Waals surface area (Å²) in [5, 5.41) is 12.6. The van der Waals surface area contributed by atoms with Crippen molar-refractivity contribution in [3.8, 4) is 11.8 Å². The lowest BCUT2D eigenvalue weighted by molar-refractivity contribution is -0.117. The first kappa shape index (κ1) is 23.1. The molecule has 1 saturated heterocycles. The third kappa shape index (κ3) is 4.98. The highest BCUT2D eigenvalue weighted by molar-refractivity contribution is 8.05. The summed E-state index contributed by atoms with van der Waals surface area (Å²) in [4.78, 5) is 28.0. The van der Waals surface area contributed by atoms with Gasteiger partial charge in [0.25, 0.3) is 5.91 Å². The van der Waals surface area contributed by atoms with Gasteiger partial charge in [0.15, 0.2) is 0 Å². The fraction of sp³-hybridized carbons (Fsp3) is 0.148. The molecule has 4 rings (SSSR count). The summed E-state index contributed by atoms with van der Waals surface area (Å²) in [6.45, 7) is 1.95. The van der Waals surface area contributed by atoms with Gasteiger partial charge in [-0.05, 0) is 55.3 Å². The fourth-order valence-electron chi connectivity index (χ4n) is 3.61. The number of carbonyl (C=O) groups is 2. The molecule has 1 heterocycles. The van der Waals surface area contributed by atoms with E-state index in [0.29, 0.717) is 22.8 Å². The van der Waals surface area contributed by atoms with Crippen LogP contribution in [0.2, 0.25) is 0 Å². The van der Waals surface area contributed by atoms with E-state index in [9.17, 15) is 14.9 Å². The second kappa shape index (κ2) is 10.3. The van der Waals surface area contributed by atoms with Gasteiger partial charge in [0, 0.05) is 11.4 Å². The molecule has 0 bridgehead atoms. The largest absolute Gasteiger partial charge is 0.497 e. The Morgan fingerprint density at radius 1 is 1.06 bits per heavy atom. The number of hydrogen-bond donors (Lipinski definition) is 1. The molecule has 0 aliphatic carbocycles. The monoisotopic (exact) mass is 469 g/mol. The van der Waals surface area contributed by atoms with Crippen molar-refractivity contribution in [1.29, 1.82) is 5.26 Å². The standard InChI is InChI=1S/C27H23N3O3S/c1-18-8-12-20(13-9-18)29-25(31)23(17-28)27-30(21-6-4-3-5-7-21)26(32)24(34-27)16-19-10-14-22(33-2)15-11-19/h3-15,24H,16H2,1-2H3,(H,29,31). The van der Waals surface area contributed by atoms with Crippen LogP contribution in [0.25, 0.3) is 0 Å². The van der Waals surface area contributed by atoms with Crippen molar-refractivity contribution in [2.24, 2.45) is 0 Å². The summed E-state index contributed by atoms with van der Waals surface area (Å²) in [6.07, 6.45) is 0.457. The molecule has 0 aromatic heterocycles. The van der Waals surface area contributed by atoms with Crippen LogP contribution in [0, 0.1) is 18.3 Å². The number of nitrogens with zero attached hydrogens (tertiary/aromatic N) is 2.